The summed E-state index contributed by atoms with van der Waals surface area (Å²) in [5.41, 5.74) is 0. The molecule has 3 N–H and O–H groups in total. The molecule has 0 heterocycles. The number of hydrogen-bond donors (Lipinski definition) is 3. The molecule has 2 amide bonds. The molecule has 19 heavy (non-hydrogen) atoms. The lowest BCUT2D eigenvalue weighted by Crippen LogP contribution is -2.52. The summed E-state index contributed by atoms with van der Waals surface area (Å²) in [5.74, 6) is -0.138. The quantitative estimate of drug-likeness (QED) is 0.552. The minimum atomic E-state index is -0.376. The van der Waals surface area contributed by atoms with Crippen LogP contribution in [-0.2, 0) is 9.59 Å². The molecule has 0 radical (unpaired) electrons. The Labute approximate surface area is 116 Å². The summed E-state index contributed by atoms with van der Waals surface area (Å²) in [6, 6.07) is -0.636. The van der Waals surface area contributed by atoms with Crippen molar-refractivity contribution >= 4 is 11.8 Å². The summed E-state index contributed by atoms with van der Waals surface area (Å²) in [5, 5.41) is 8.68. The molecule has 0 bridgehead atoms. The third-order valence-corrected chi connectivity index (χ3v) is 2.80. The van der Waals surface area contributed by atoms with E-state index in [0.717, 1.165) is 19.3 Å². The van der Waals surface area contributed by atoms with E-state index in [1.54, 1.807) is 13.8 Å². The first-order chi connectivity index (χ1) is 8.88. The normalized spacial score (nSPS) is 14.0. The van der Waals surface area contributed by atoms with Crippen LogP contribution in [0.4, 0.5) is 0 Å². The predicted molar refractivity (Wildman–Crippen MR) is 77.9 cm³/mol. The fourth-order valence-corrected chi connectivity index (χ4v) is 1.68. The van der Waals surface area contributed by atoms with Gasteiger partial charge < -0.3 is 10.6 Å². The van der Waals surface area contributed by atoms with E-state index in [2.05, 4.69) is 22.9 Å². The molecule has 0 aliphatic carbocycles. The minimum absolute atomic E-state index is 0.0553. The van der Waals surface area contributed by atoms with Gasteiger partial charge in [-0.15, -0.1) is 0 Å². The van der Waals surface area contributed by atoms with E-state index in [0.29, 0.717) is 6.54 Å². The maximum absolute atomic E-state index is 11.8. The Kier molecular flexibility index (Phi) is 9.21. The molecule has 0 rings (SSSR count). The van der Waals surface area contributed by atoms with Crippen LogP contribution in [0.2, 0.25) is 0 Å². The van der Waals surface area contributed by atoms with Gasteiger partial charge in [0.25, 0.3) is 0 Å². The SMILES string of the molecule is CCCCCNC(=O)C(C)NC(C)C(=O)NC(C)C. The van der Waals surface area contributed by atoms with Gasteiger partial charge in [-0.25, -0.2) is 0 Å². The molecule has 0 aromatic carbocycles. The maximum atomic E-state index is 11.8. The summed E-state index contributed by atoms with van der Waals surface area (Å²) >= 11 is 0. The van der Waals surface area contributed by atoms with E-state index in [-0.39, 0.29) is 29.9 Å². The van der Waals surface area contributed by atoms with Gasteiger partial charge in [0.05, 0.1) is 12.1 Å². The van der Waals surface area contributed by atoms with Gasteiger partial charge in [0, 0.05) is 12.6 Å². The van der Waals surface area contributed by atoms with E-state index in [1.165, 1.54) is 0 Å². The van der Waals surface area contributed by atoms with Crippen LogP contribution in [0.15, 0.2) is 0 Å². The molecule has 0 aliphatic rings. The molecule has 2 unspecified atom stereocenters. The average Bonchev–Trinajstić information content (AvgIpc) is 2.33. The van der Waals surface area contributed by atoms with Gasteiger partial charge in [-0.2, -0.15) is 0 Å². The molecule has 0 spiro atoms. The topological polar surface area (TPSA) is 70.2 Å². The Bertz CT molecular complexity index is 280. The molecule has 5 nitrogen and oxygen atoms in total. The van der Waals surface area contributed by atoms with Gasteiger partial charge in [-0.1, -0.05) is 19.8 Å². The Balaban J connectivity index is 3.96. The van der Waals surface area contributed by atoms with Crippen molar-refractivity contribution in [3.8, 4) is 0 Å². The lowest BCUT2D eigenvalue weighted by molar-refractivity contribution is -0.125. The smallest absolute Gasteiger partial charge is 0.237 e. The first-order valence-corrected chi connectivity index (χ1v) is 7.22. The molecular weight excluding hydrogens is 242 g/mol. The molecule has 0 aromatic rings. The largest absolute Gasteiger partial charge is 0.355 e. The Morgan fingerprint density at radius 2 is 1.53 bits per heavy atom. The molecular formula is C14H29N3O2. The van der Waals surface area contributed by atoms with Crippen molar-refractivity contribution < 1.29 is 9.59 Å². The van der Waals surface area contributed by atoms with Crippen LogP contribution in [0.5, 0.6) is 0 Å². The zero-order chi connectivity index (χ0) is 14.8. The van der Waals surface area contributed by atoms with Crippen molar-refractivity contribution in [2.45, 2.75) is 72.0 Å². The third-order valence-electron chi connectivity index (χ3n) is 2.80. The van der Waals surface area contributed by atoms with E-state index >= 15 is 0 Å². The van der Waals surface area contributed by atoms with Crippen LogP contribution in [-0.4, -0.2) is 36.5 Å². The fraction of sp³-hybridized carbons (Fsp3) is 0.857. The van der Waals surface area contributed by atoms with Gasteiger partial charge in [-0.3, -0.25) is 14.9 Å². The number of carbonyl (C=O) groups excluding carboxylic acids is 2. The van der Waals surface area contributed by atoms with Crippen LogP contribution < -0.4 is 16.0 Å². The maximum Gasteiger partial charge on any atom is 0.237 e. The third kappa shape index (κ3) is 8.59. The number of hydrogen-bond acceptors (Lipinski definition) is 3. The van der Waals surface area contributed by atoms with Crippen molar-refractivity contribution in [1.29, 1.82) is 0 Å². The summed E-state index contributed by atoms with van der Waals surface area (Å²) in [4.78, 5) is 23.5. The molecule has 2 atom stereocenters. The fourth-order valence-electron chi connectivity index (χ4n) is 1.68. The second-order valence-electron chi connectivity index (χ2n) is 5.27. The Hall–Kier alpha value is -1.10. The van der Waals surface area contributed by atoms with Gasteiger partial charge in [0.2, 0.25) is 11.8 Å². The van der Waals surface area contributed by atoms with Crippen molar-refractivity contribution in [1.82, 2.24) is 16.0 Å². The van der Waals surface area contributed by atoms with Crippen LogP contribution in [0.25, 0.3) is 0 Å². The molecule has 0 aromatic heterocycles. The van der Waals surface area contributed by atoms with Gasteiger partial charge in [0.1, 0.15) is 0 Å². The Morgan fingerprint density at radius 1 is 0.947 bits per heavy atom. The summed E-state index contributed by atoms with van der Waals surface area (Å²) in [6.07, 6.45) is 3.25. The second-order valence-corrected chi connectivity index (χ2v) is 5.27. The predicted octanol–water partition coefficient (Wildman–Crippen LogP) is 1.18. The number of amides is 2. The highest BCUT2D eigenvalue weighted by Gasteiger charge is 2.19. The Morgan fingerprint density at radius 3 is 2.05 bits per heavy atom. The van der Waals surface area contributed by atoms with E-state index in [9.17, 15) is 9.59 Å². The van der Waals surface area contributed by atoms with E-state index in [4.69, 9.17) is 0 Å². The number of rotatable bonds is 9. The zero-order valence-corrected chi connectivity index (χ0v) is 12.9. The standard InChI is InChI=1S/C14H29N3O2/c1-6-7-8-9-15-13(18)11(4)17-12(5)14(19)16-10(2)3/h10-12,17H,6-9H2,1-5H3,(H,15,18)(H,16,19). The van der Waals surface area contributed by atoms with Gasteiger partial charge in [0.15, 0.2) is 0 Å². The molecule has 0 saturated heterocycles. The number of unbranched alkanes of at least 4 members (excludes halogenated alkanes) is 2. The highest BCUT2D eigenvalue weighted by molar-refractivity contribution is 5.84. The molecule has 0 saturated carbocycles. The van der Waals surface area contributed by atoms with Crippen LogP contribution in [0, 0.1) is 0 Å². The molecule has 112 valence electrons. The first kappa shape index (κ1) is 17.9. The number of carbonyl (C=O) groups is 2. The van der Waals surface area contributed by atoms with Crippen LogP contribution >= 0.6 is 0 Å². The van der Waals surface area contributed by atoms with Crippen molar-refractivity contribution in [2.75, 3.05) is 6.54 Å². The lowest BCUT2D eigenvalue weighted by atomic mass is 10.2. The molecule has 0 fully saturated rings. The van der Waals surface area contributed by atoms with Crippen molar-refractivity contribution in [2.24, 2.45) is 0 Å². The monoisotopic (exact) mass is 271 g/mol. The van der Waals surface area contributed by atoms with E-state index < -0.39 is 0 Å². The van der Waals surface area contributed by atoms with Gasteiger partial charge >= 0.3 is 0 Å². The zero-order valence-electron chi connectivity index (χ0n) is 12.9. The van der Waals surface area contributed by atoms with Crippen molar-refractivity contribution in [3.05, 3.63) is 0 Å². The first-order valence-electron chi connectivity index (χ1n) is 7.22. The summed E-state index contributed by atoms with van der Waals surface area (Å²) in [7, 11) is 0. The van der Waals surface area contributed by atoms with Crippen LogP contribution in [0.3, 0.4) is 0 Å². The lowest BCUT2D eigenvalue weighted by Gasteiger charge is -2.20. The minimum Gasteiger partial charge on any atom is -0.355 e. The molecule has 5 heteroatoms. The average molecular weight is 271 g/mol. The van der Waals surface area contributed by atoms with Crippen LogP contribution in [0.1, 0.15) is 53.9 Å². The second kappa shape index (κ2) is 9.78. The van der Waals surface area contributed by atoms with E-state index in [1.807, 2.05) is 13.8 Å². The summed E-state index contributed by atoms with van der Waals surface area (Å²) < 4.78 is 0. The van der Waals surface area contributed by atoms with Gasteiger partial charge in [-0.05, 0) is 34.1 Å². The molecule has 0 aliphatic heterocycles. The highest BCUT2D eigenvalue weighted by Crippen LogP contribution is 1.93. The number of nitrogens with one attached hydrogen (secondary N) is 3. The van der Waals surface area contributed by atoms with Crippen molar-refractivity contribution in [3.63, 3.8) is 0 Å². The highest BCUT2D eigenvalue weighted by atomic mass is 16.2. The summed E-state index contributed by atoms with van der Waals surface area (Å²) in [6.45, 7) is 10.2.